The van der Waals surface area contributed by atoms with Crippen LogP contribution in [-0.2, 0) is 16.1 Å². The smallest absolute Gasteiger partial charge is 0.316 e. The van der Waals surface area contributed by atoms with Crippen molar-refractivity contribution < 1.29 is 9.53 Å². The predicted octanol–water partition coefficient (Wildman–Crippen LogP) is 3.08. The van der Waals surface area contributed by atoms with Crippen LogP contribution in [0.3, 0.4) is 0 Å². The molecule has 0 fully saturated rings. The van der Waals surface area contributed by atoms with Gasteiger partial charge in [-0.2, -0.15) is 0 Å². The Morgan fingerprint density at radius 1 is 1.45 bits per heavy atom. The van der Waals surface area contributed by atoms with Gasteiger partial charge in [0.25, 0.3) is 5.56 Å². The zero-order chi connectivity index (χ0) is 16.3. The predicted molar refractivity (Wildman–Crippen MR) is 91.3 cm³/mol. The van der Waals surface area contributed by atoms with Crippen LogP contribution in [0, 0.1) is 5.92 Å². The number of hydrogen-bond donors (Lipinski definition) is 0. The summed E-state index contributed by atoms with van der Waals surface area (Å²) < 4.78 is 7.12. The van der Waals surface area contributed by atoms with Gasteiger partial charge in [-0.3, -0.25) is 14.2 Å². The van der Waals surface area contributed by atoms with E-state index < -0.39 is 0 Å². The number of halogens is 1. The van der Waals surface area contributed by atoms with E-state index in [1.165, 1.54) is 18.9 Å². The Kier molecular flexibility index (Phi) is 5.63. The van der Waals surface area contributed by atoms with Crippen molar-refractivity contribution in [3.8, 4) is 0 Å². The number of aromatic nitrogens is 2. The molecule has 1 aromatic heterocycles. The van der Waals surface area contributed by atoms with Gasteiger partial charge in [-0.15, -0.1) is 0 Å². The summed E-state index contributed by atoms with van der Waals surface area (Å²) in [5.74, 6) is 0.0797. The second kappa shape index (κ2) is 7.28. The average Bonchev–Trinajstić information content (AvgIpc) is 2.48. The fourth-order valence-corrected chi connectivity index (χ4v) is 3.19. The van der Waals surface area contributed by atoms with E-state index in [1.54, 1.807) is 16.7 Å². The molecular weight excluding hydrogens is 368 g/mol. The number of benzene rings is 1. The maximum absolute atomic E-state index is 12.7. The van der Waals surface area contributed by atoms with E-state index in [0.717, 1.165) is 4.47 Å². The SMILES string of the molecule is COC(=O)CSc1nc2ccc(Br)cc2c(=O)n1CC(C)C. The highest BCUT2D eigenvalue weighted by atomic mass is 79.9. The maximum atomic E-state index is 12.7. The van der Waals surface area contributed by atoms with Crippen molar-refractivity contribution in [3.63, 3.8) is 0 Å². The first-order valence-corrected chi connectivity index (χ1v) is 8.60. The first kappa shape index (κ1) is 17.0. The Balaban J connectivity index is 2.54. The molecule has 0 saturated heterocycles. The van der Waals surface area contributed by atoms with Gasteiger partial charge < -0.3 is 4.74 Å². The molecule has 5 nitrogen and oxygen atoms in total. The van der Waals surface area contributed by atoms with Crippen molar-refractivity contribution in [2.24, 2.45) is 5.92 Å². The van der Waals surface area contributed by atoms with Crippen LogP contribution in [0.15, 0.2) is 32.6 Å². The van der Waals surface area contributed by atoms with Crippen LogP contribution in [0.1, 0.15) is 13.8 Å². The number of carbonyl (C=O) groups excluding carboxylic acids is 1. The van der Waals surface area contributed by atoms with Crippen molar-refractivity contribution in [3.05, 3.63) is 33.0 Å². The normalized spacial score (nSPS) is 11.1. The zero-order valence-corrected chi connectivity index (χ0v) is 15.0. The summed E-state index contributed by atoms with van der Waals surface area (Å²) in [6.07, 6.45) is 0. The third-order valence-corrected chi connectivity index (χ3v) is 4.42. The molecule has 7 heteroatoms. The van der Waals surface area contributed by atoms with Crippen molar-refractivity contribution in [1.29, 1.82) is 0 Å². The summed E-state index contributed by atoms with van der Waals surface area (Å²) in [6.45, 7) is 4.62. The van der Waals surface area contributed by atoms with Gasteiger partial charge in [0, 0.05) is 11.0 Å². The van der Waals surface area contributed by atoms with E-state index in [1.807, 2.05) is 19.9 Å². The summed E-state index contributed by atoms with van der Waals surface area (Å²) >= 11 is 4.60. The minimum Gasteiger partial charge on any atom is -0.468 e. The minimum atomic E-state index is -0.341. The molecule has 118 valence electrons. The van der Waals surface area contributed by atoms with Crippen LogP contribution < -0.4 is 5.56 Å². The molecule has 0 aliphatic rings. The van der Waals surface area contributed by atoms with E-state index in [4.69, 9.17) is 0 Å². The summed E-state index contributed by atoms with van der Waals surface area (Å²) in [7, 11) is 1.34. The summed E-state index contributed by atoms with van der Waals surface area (Å²) in [4.78, 5) is 28.6. The number of ether oxygens (including phenoxy) is 1. The van der Waals surface area contributed by atoms with E-state index in [2.05, 4.69) is 25.7 Å². The topological polar surface area (TPSA) is 61.2 Å². The first-order chi connectivity index (χ1) is 10.4. The number of esters is 1. The zero-order valence-electron chi connectivity index (χ0n) is 12.6. The molecule has 0 unspecified atom stereocenters. The molecule has 0 radical (unpaired) electrons. The Labute approximate surface area is 141 Å². The molecule has 0 aliphatic carbocycles. The number of rotatable bonds is 5. The molecule has 2 rings (SSSR count). The van der Waals surface area contributed by atoms with Gasteiger partial charge in [0.1, 0.15) is 0 Å². The van der Waals surface area contributed by atoms with Gasteiger partial charge in [0.2, 0.25) is 0 Å². The Hall–Kier alpha value is -1.34. The Bertz CT molecular complexity index is 758. The molecule has 1 aromatic carbocycles. The molecule has 0 aliphatic heterocycles. The van der Waals surface area contributed by atoms with Crippen molar-refractivity contribution in [1.82, 2.24) is 9.55 Å². The Morgan fingerprint density at radius 3 is 2.82 bits per heavy atom. The van der Waals surface area contributed by atoms with E-state index in [9.17, 15) is 9.59 Å². The van der Waals surface area contributed by atoms with Crippen LogP contribution >= 0.6 is 27.7 Å². The summed E-state index contributed by atoms with van der Waals surface area (Å²) in [5.41, 5.74) is 0.535. The van der Waals surface area contributed by atoms with Gasteiger partial charge in [-0.25, -0.2) is 4.98 Å². The largest absolute Gasteiger partial charge is 0.468 e. The maximum Gasteiger partial charge on any atom is 0.316 e. The lowest BCUT2D eigenvalue weighted by Crippen LogP contribution is -2.26. The van der Waals surface area contributed by atoms with E-state index >= 15 is 0 Å². The third-order valence-electron chi connectivity index (χ3n) is 2.98. The lowest BCUT2D eigenvalue weighted by Gasteiger charge is -2.14. The molecule has 0 bridgehead atoms. The quantitative estimate of drug-likeness (QED) is 0.450. The molecular formula is C15H17BrN2O3S. The number of methoxy groups -OCH3 is 1. The monoisotopic (exact) mass is 384 g/mol. The van der Waals surface area contributed by atoms with Crippen LogP contribution in [0.25, 0.3) is 10.9 Å². The number of fused-ring (bicyclic) bond motifs is 1. The lowest BCUT2D eigenvalue weighted by atomic mass is 10.2. The standard InChI is InChI=1S/C15H17BrN2O3S/c1-9(2)7-18-14(20)11-6-10(16)4-5-12(11)17-15(18)22-8-13(19)21-3/h4-6,9H,7-8H2,1-3H3. The van der Waals surface area contributed by atoms with Crippen LogP contribution in [0.5, 0.6) is 0 Å². The first-order valence-electron chi connectivity index (χ1n) is 6.82. The second-order valence-electron chi connectivity index (χ2n) is 5.23. The molecule has 0 N–H and O–H groups in total. The molecule has 2 aromatic rings. The fourth-order valence-electron chi connectivity index (χ4n) is 1.99. The summed E-state index contributed by atoms with van der Waals surface area (Å²) in [6, 6.07) is 5.41. The molecule has 0 saturated carbocycles. The van der Waals surface area contributed by atoms with Crippen molar-refractivity contribution in [2.75, 3.05) is 12.9 Å². The van der Waals surface area contributed by atoms with Gasteiger partial charge >= 0.3 is 5.97 Å². The highest BCUT2D eigenvalue weighted by Gasteiger charge is 2.14. The molecule has 0 spiro atoms. The number of carbonyl (C=O) groups is 1. The molecule has 1 heterocycles. The second-order valence-corrected chi connectivity index (χ2v) is 7.09. The average molecular weight is 385 g/mol. The fraction of sp³-hybridized carbons (Fsp3) is 0.400. The van der Waals surface area contributed by atoms with Crippen LogP contribution in [-0.4, -0.2) is 28.4 Å². The van der Waals surface area contributed by atoms with Gasteiger partial charge in [0.05, 0.1) is 23.8 Å². The highest BCUT2D eigenvalue weighted by Crippen LogP contribution is 2.21. The molecule has 0 amide bonds. The van der Waals surface area contributed by atoms with E-state index in [0.29, 0.717) is 28.5 Å². The van der Waals surface area contributed by atoms with Crippen LogP contribution in [0.4, 0.5) is 0 Å². The molecule has 0 atom stereocenters. The van der Waals surface area contributed by atoms with E-state index in [-0.39, 0.29) is 17.3 Å². The van der Waals surface area contributed by atoms with Gasteiger partial charge in [0.15, 0.2) is 5.16 Å². The lowest BCUT2D eigenvalue weighted by molar-refractivity contribution is -0.137. The number of hydrogen-bond acceptors (Lipinski definition) is 5. The van der Waals surface area contributed by atoms with Gasteiger partial charge in [-0.05, 0) is 24.1 Å². The van der Waals surface area contributed by atoms with Crippen LogP contribution in [0.2, 0.25) is 0 Å². The number of nitrogens with zero attached hydrogens (tertiary/aromatic N) is 2. The third kappa shape index (κ3) is 3.89. The summed E-state index contributed by atoms with van der Waals surface area (Å²) in [5, 5.41) is 1.11. The number of thioether (sulfide) groups is 1. The minimum absolute atomic E-state index is 0.0904. The van der Waals surface area contributed by atoms with Crippen molar-refractivity contribution >= 4 is 44.6 Å². The van der Waals surface area contributed by atoms with Crippen molar-refractivity contribution in [2.45, 2.75) is 25.5 Å². The highest BCUT2D eigenvalue weighted by molar-refractivity contribution is 9.10. The molecule has 22 heavy (non-hydrogen) atoms. The Morgan fingerprint density at radius 2 is 2.18 bits per heavy atom. The van der Waals surface area contributed by atoms with Gasteiger partial charge in [-0.1, -0.05) is 41.5 Å².